The average molecular weight is 438 g/mol. The molecular weight excluding hydrogens is 410 g/mol. The summed E-state index contributed by atoms with van der Waals surface area (Å²) in [6.07, 6.45) is 7.16. The second kappa shape index (κ2) is 10.3. The highest BCUT2D eigenvalue weighted by molar-refractivity contribution is 8.00. The Bertz CT molecular complexity index is 768. The van der Waals surface area contributed by atoms with Crippen LogP contribution in [0.2, 0.25) is 5.02 Å². The minimum Gasteiger partial charge on any atom is -0.342 e. The van der Waals surface area contributed by atoms with Crippen molar-refractivity contribution in [1.82, 2.24) is 4.90 Å². The van der Waals surface area contributed by atoms with Gasteiger partial charge in [-0.1, -0.05) is 30.9 Å². The van der Waals surface area contributed by atoms with Gasteiger partial charge in [0.05, 0.1) is 22.2 Å². The third-order valence-electron chi connectivity index (χ3n) is 5.57. The van der Waals surface area contributed by atoms with Crippen LogP contribution in [0.25, 0.3) is 0 Å². The monoisotopic (exact) mass is 437 g/mol. The van der Waals surface area contributed by atoms with E-state index in [4.69, 9.17) is 11.6 Å². The van der Waals surface area contributed by atoms with Crippen molar-refractivity contribution in [3.8, 4) is 0 Å². The van der Waals surface area contributed by atoms with Crippen LogP contribution in [0.4, 0.5) is 11.4 Å². The molecule has 2 aliphatic rings. The molecule has 2 fully saturated rings. The van der Waals surface area contributed by atoms with Crippen molar-refractivity contribution in [1.29, 1.82) is 0 Å². The van der Waals surface area contributed by atoms with Gasteiger partial charge >= 0.3 is 0 Å². The third kappa shape index (κ3) is 5.89. The lowest BCUT2D eigenvalue weighted by atomic mass is 9.94. The van der Waals surface area contributed by atoms with E-state index < -0.39 is 0 Å². The first-order valence-electron chi connectivity index (χ1n) is 10.2. The van der Waals surface area contributed by atoms with Gasteiger partial charge in [-0.2, -0.15) is 0 Å². The maximum absolute atomic E-state index is 12.3. The standard InChI is InChI=1S/C21H28ClN3O3S/c1-24(16-6-3-2-4-7-16)21(28)14-29-13-19(26)23-15-9-10-18(17(22)12-15)25-11-5-8-20(25)27/h9-10,12,16H,2-8,11,13-14H2,1H3,(H,23,26). The molecule has 1 heterocycles. The Morgan fingerprint density at radius 1 is 1.21 bits per heavy atom. The second-order valence-electron chi connectivity index (χ2n) is 7.65. The number of hydrogen-bond donors (Lipinski definition) is 1. The van der Waals surface area contributed by atoms with Crippen molar-refractivity contribution in [3.05, 3.63) is 23.2 Å². The van der Waals surface area contributed by atoms with Crippen LogP contribution in [-0.4, -0.2) is 53.8 Å². The van der Waals surface area contributed by atoms with Crippen molar-refractivity contribution in [2.45, 2.75) is 51.0 Å². The average Bonchev–Trinajstić information content (AvgIpc) is 3.13. The topological polar surface area (TPSA) is 69.7 Å². The number of nitrogens with zero attached hydrogens (tertiary/aromatic N) is 2. The minimum atomic E-state index is -0.177. The number of anilines is 2. The molecule has 158 valence electrons. The first kappa shape index (κ1) is 22.0. The molecule has 1 N–H and O–H groups in total. The summed E-state index contributed by atoms with van der Waals surface area (Å²) in [6, 6.07) is 5.51. The maximum Gasteiger partial charge on any atom is 0.234 e. The quantitative estimate of drug-likeness (QED) is 0.701. The zero-order valence-electron chi connectivity index (χ0n) is 16.8. The van der Waals surface area contributed by atoms with Gasteiger partial charge in [0.1, 0.15) is 0 Å². The van der Waals surface area contributed by atoms with Gasteiger partial charge in [0, 0.05) is 31.7 Å². The van der Waals surface area contributed by atoms with Crippen LogP contribution in [0.1, 0.15) is 44.9 Å². The number of hydrogen-bond acceptors (Lipinski definition) is 4. The summed E-state index contributed by atoms with van der Waals surface area (Å²) in [5, 5.41) is 3.25. The highest BCUT2D eigenvalue weighted by Gasteiger charge is 2.24. The van der Waals surface area contributed by atoms with Crippen LogP contribution in [0.5, 0.6) is 0 Å². The molecule has 29 heavy (non-hydrogen) atoms. The first-order chi connectivity index (χ1) is 14.0. The lowest BCUT2D eigenvalue weighted by Gasteiger charge is -2.31. The summed E-state index contributed by atoms with van der Waals surface area (Å²) in [6.45, 7) is 0.671. The Morgan fingerprint density at radius 2 is 1.97 bits per heavy atom. The largest absolute Gasteiger partial charge is 0.342 e. The lowest BCUT2D eigenvalue weighted by Crippen LogP contribution is -2.39. The van der Waals surface area contributed by atoms with E-state index in [2.05, 4.69) is 5.32 Å². The molecule has 0 aromatic heterocycles. The van der Waals surface area contributed by atoms with Gasteiger partial charge in [-0.25, -0.2) is 0 Å². The number of benzene rings is 1. The summed E-state index contributed by atoms with van der Waals surface area (Å²) in [5.41, 5.74) is 1.26. The van der Waals surface area contributed by atoms with Crippen LogP contribution in [-0.2, 0) is 14.4 Å². The molecule has 0 spiro atoms. The van der Waals surface area contributed by atoms with Crippen LogP contribution in [0, 0.1) is 0 Å². The molecule has 0 bridgehead atoms. The molecule has 1 aromatic carbocycles. The van der Waals surface area contributed by atoms with Gasteiger partial charge in [0.15, 0.2) is 0 Å². The van der Waals surface area contributed by atoms with Crippen molar-refractivity contribution < 1.29 is 14.4 Å². The summed E-state index contributed by atoms with van der Waals surface area (Å²) in [4.78, 5) is 39.9. The van der Waals surface area contributed by atoms with Crippen LogP contribution in [0.15, 0.2) is 18.2 Å². The molecule has 1 saturated heterocycles. The van der Waals surface area contributed by atoms with Crippen molar-refractivity contribution in [2.75, 3.05) is 35.3 Å². The smallest absolute Gasteiger partial charge is 0.234 e. The van der Waals surface area contributed by atoms with Gasteiger partial charge in [-0.15, -0.1) is 11.8 Å². The molecule has 0 unspecified atom stereocenters. The number of rotatable bonds is 7. The molecule has 0 atom stereocenters. The van der Waals surface area contributed by atoms with Crippen LogP contribution >= 0.6 is 23.4 Å². The van der Waals surface area contributed by atoms with E-state index in [-0.39, 0.29) is 23.5 Å². The molecule has 1 aliphatic carbocycles. The second-order valence-corrected chi connectivity index (χ2v) is 9.05. The number of halogens is 1. The van der Waals surface area contributed by atoms with E-state index in [1.165, 1.54) is 31.0 Å². The van der Waals surface area contributed by atoms with E-state index in [1.807, 2.05) is 11.9 Å². The van der Waals surface area contributed by atoms with Crippen LogP contribution < -0.4 is 10.2 Å². The minimum absolute atomic E-state index is 0.0722. The van der Waals surface area contributed by atoms with Crippen molar-refractivity contribution >= 4 is 52.5 Å². The Kier molecular flexibility index (Phi) is 7.84. The summed E-state index contributed by atoms with van der Waals surface area (Å²) in [5.74, 6) is 0.482. The maximum atomic E-state index is 12.3. The van der Waals surface area contributed by atoms with Crippen molar-refractivity contribution in [3.63, 3.8) is 0 Å². The molecule has 1 aliphatic heterocycles. The highest BCUT2D eigenvalue weighted by atomic mass is 35.5. The number of thioether (sulfide) groups is 1. The Balaban J connectivity index is 1.44. The molecule has 6 nitrogen and oxygen atoms in total. The summed E-state index contributed by atoms with van der Waals surface area (Å²) >= 11 is 7.63. The van der Waals surface area contributed by atoms with Gasteiger partial charge in [0.2, 0.25) is 17.7 Å². The zero-order chi connectivity index (χ0) is 20.8. The van der Waals surface area contributed by atoms with Gasteiger partial charge in [-0.05, 0) is 37.5 Å². The van der Waals surface area contributed by atoms with Gasteiger partial charge in [-0.3, -0.25) is 14.4 Å². The molecule has 3 rings (SSSR count). The number of amides is 3. The van der Waals surface area contributed by atoms with Gasteiger partial charge < -0.3 is 15.1 Å². The molecule has 1 aromatic rings. The lowest BCUT2D eigenvalue weighted by molar-refractivity contribution is -0.129. The van der Waals surface area contributed by atoms with E-state index in [1.54, 1.807) is 23.1 Å². The number of carbonyl (C=O) groups is 3. The predicted octanol–water partition coefficient (Wildman–Crippen LogP) is 3.93. The van der Waals surface area contributed by atoms with E-state index in [9.17, 15) is 14.4 Å². The molecular formula is C21H28ClN3O3S. The normalized spacial score (nSPS) is 17.4. The van der Waals surface area contributed by atoms with E-state index in [0.717, 1.165) is 19.3 Å². The third-order valence-corrected chi connectivity index (χ3v) is 6.79. The molecule has 8 heteroatoms. The molecule has 3 amide bonds. The predicted molar refractivity (Wildman–Crippen MR) is 119 cm³/mol. The Morgan fingerprint density at radius 3 is 2.62 bits per heavy atom. The first-order valence-corrected chi connectivity index (χ1v) is 11.7. The number of nitrogens with one attached hydrogen (secondary N) is 1. The summed E-state index contributed by atoms with van der Waals surface area (Å²) in [7, 11) is 1.87. The Labute approximate surface area is 181 Å². The Hall–Kier alpha value is -1.73. The van der Waals surface area contributed by atoms with Gasteiger partial charge in [0.25, 0.3) is 0 Å². The fourth-order valence-corrected chi connectivity index (χ4v) is 4.93. The molecule has 0 radical (unpaired) electrons. The molecule has 1 saturated carbocycles. The fraction of sp³-hybridized carbons (Fsp3) is 0.571. The zero-order valence-corrected chi connectivity index (χ0v) is 18.4. The summed E-state index contributed by atoms with van der Waals surface area (Å²) < 4.78 is 0. The SMILES string of the molecule is CN(C(=O)CSCC(=O)Nc1ccc(N2CCCC2=O)c(Cl)c1)C1CCCCC1. The van der Waals surface area contributed by atoms with E-state index in [0.29, 0.717) is 41.2 Å². The van der Waals surface area contributed by atoms with E-state index >= 15 is 0 Å². The van der Waals surface area contributed by atoms with Crippen molar-refractivity contribution in [2.24, 2.45) is 0 Å². The van der Waals surface area contributed by atoms with Crippen LogP contribution in [0.3, 0.4) is 0 Å². The fourth-order valence-electron chi connectivity index (χ4n) is 3.91. The number of carbonyl (C=O) groups excluding carboxylic acids is 3. The highest BCUT2D eigenvalue weighted by Crippen LogP contribution is 2.31.